The zero-order chi connectivity index (χ0) is 46.4. The average Bonchev–Trinajstić information content (AvgIpc) is 4.22. The molecule has 0 aliphatic carbocycles. The Bertz CT molecular complexity index is 2570. The summed E-state index contributed by atoms with van der Waals surface area (Å²) in [6.07, 6.45) is 12.8. The van der Waals surface area contributed by atoms with Crippen LogP contribution in [0.25, 0.3) is 43.7 Å². The summed E-state index contributed by atoms with van der Waals surface area (Å²) in [6, 6.07) is 19.8. The van der Waals surface area contributed by atoms with Gasteiger partial charge in [-0.05, 0) is 80.3 Å². The molecular formula is C51H58BrN7O6S2. The number of ketones is 2. The second-order valence-corrected chi connectivity index (χ2v) is 19.5. The number of hydrogen-bond donors (Lipinski definition) is 2. The number of thiazole rings is 2. The molecule has 2 N–H and O–H groups in total. The van der Waals surface area contributed by atoms with Gasteiger partial charge in [0.1, 0.15) is 27.2 Å². The van der Waals surface area contributed by atoms with Crippen LogP contribution < -0.4 is 0 Å². The predicted molar refractivity (Wildman–Crippen MR) is 268 cm³/mol. The van der Waals surface area contributed by atoms with E-state index in [4.69, 9.17) is 19.4 Å². The summed E-state index contributed by atoms with van der Waals surface area (Å²) < 4.78 is 10.4. The summed E-state index contributed by atoms with van der Waals surface area (Å²) in [5.74, 6) is 0.489. The first kappa shape index (κ1) is 48.4. The van der Waals surface area contributed by atoms with Crippen molar-refractivity contribution >= 4 is 62.0 Å². The van der Waals surface area contributed by atoms with Gasteiger partial charge in [-0.25, -0.2) is 9.97 Å². The first-order valence-electron chi connectivity index (χ1n) is 23.3. The quantitative estimate of drug-likeness (QED) is 0.108. The van der Waals surface area contributed by atoms with Gasteiger partial charge < -0.3 is 29.2 Å². The molecule has 0 atom stereocenters. The molecule has 6 aromatic rings. The fraction of sp³-hybridized carbons (Fsp3) is 0.412. The van der Waals surface area contributed by atoms with Crippen molar-refractivity contribution < 1.29 is 28.7 Å². The molecule has 4 fully saturated rings. The maximum Gasteiger partial charge on any atom is 0.270 e. The fourth-order valence-corrected chi connectivity index (χ4v) is 10.3. The highest BCUT2D eigenvalue weighted by atomic mass is 79.9. The maximum absolute atomic E-state index is 12.6. The van der Waals surface area contributed by atoms with Crippen LogP contribution in [0, 0.1) is 0 Å². The molecule has 8 heterocycles. The number of carbonyl (C=O) groups excluding carboxylic acids is 4. The standard InChI is InChI=1S/C25H28N4O3S.C21H20BrN3O2S.C5H10O/c30-21(16-28-8-10-32-11-9-28)13-18-4-3-5-19(12-18)24-27-23(17-33-24)20-14-22(26-15-20)25(31)29-6-1-2-7-29;22-11-17(26)9-14-4-3-5-15(8-14)20-24-19(13-28-20)16-10-18(23-12-16)21(27)25-6-1-2-7-25;1-2-4-6-5-3-1/h3-5,12,14-15,17,26H,1-2,6-11,13,16H2;3-5,8,10,12-13,23H,1-2,6-7,9,11H2;1-5H2. The lowest BCUT2D eigenvalue weighted by molar-refractivity contribution is -0.120. The van der Waals surface area contributed by atoms with E-state index in [1.807, 2.05) is 87.6 Å². The van der Waals surface area contributed by atoms with Crippen LogP contribution in [-0.4, -0.2) is 136 Å². The highest BCUT2D eigenvalue weighted by Gasteiger charge is 2.23. The molecule has 16 heteroatoms. The number of likely N-dealkylation sites (tertiary alicyclic amines) is 2. The van der Waals surface area contributed by atoms with Crippen molar-refractivity contribution in [3.8, 4) is 43.7 Å². The molecule has 352 valence electrons. The number of hydrogen-bond acceptors (Lipinski definition) is 11. The largest absolute Gasteiger partial charge is 0.381 e. The number of morpholine rings is 1. The number of amides is 2. The van der Waals surface area contributed by atoms with Crippen LogP contribution in [0.1, 0.15) is 77.0 Å². The summed E-state index contributed by atoms with van der Waals surface area (Å²) in [7, 11) is 0. The van der Waals surface area contributed by atoms with E-state index >= 15 is 0 Å². The summed E-state index contributed by atoms with van der Waals surface area (Å²) in [5.41, 5.74) is 8.74. The number of ether oxygens (including phenoxy) is 2. The van der Waals surface area contributed by atoms with Crippen molar-refractivity contribution in [2.24, 2.45) is 0 Å². The van der Waals surface area contributed by atoms with Gasteiger partial charge in [-0.15, -0.1) is 22.7 Å². The Morgan fingerprint density at radius 1 is 0.567 bits per heavy atom. The van der Waals surface area contributed by atoms with Crippen molar-refractivity contribution in [3.05, 3.63) is 106 Å². The van der Waals surface area contributed by atoms with Crippen LogP contribution in [0.3, 0.4) is 0 Å². The molecule has 0 spiro atoms. The average molecular weight is 1010 g/mol. The lowest BCUT2D eigenvalue weighted by Gasteiger charge is -2.25. The number of Topliss-reactive ketones (excluding diaryl/α,β-unsaturated/α-hetero) is 2. The van der Waals surface area contributed by atoms with E-state index in [0.717, 1.165) is 133 Å². The van der Waals surface area contributed by atoms with E-state index in [-0.39, 0.29) is 23.4 Å². The molecule has 0 unspecified atom stereocenters. The molecule has 2 amide bonds. The minimum absolute atomic E-state index is 0.0587. The second kappa shape index (κ2) is 24.3. The van der Waals surface area contributed by atoms with Gasteiger partial charge >= 0.3 is 0 Å². The Morgan fingerprint density at radius 3 is 1.49 bits per heavy atom. The molecule has 4 saturated heterocycles. The predicted octanol–water partition coefficient (Wildman–Crippen LogP) is 9.22. The first-order chi connectivity index (χ1) is 32.8. The van der Waals surface area contributed by atoms with Crippen LogP contribution >= 0.6 is 38.6 Å². The molecule has 13 nitrogen and oxygen atoms in total. The van der Waals surface area contributed by atoms with Gasteiger partial charge in [-0.1, -0.05) is 52.3 Å². The number of rotatable bonds is 13. The van der Waals surface area contributed by atoms with E-state index in [2.05, 4.69) is 36.9 Å². The van der Waals surface area contributed by atoms with Crippen molar-refractivity contribution in [2.45, 2.75) is 57.8 Å². The molecule has 0 saturated carbocycles. The number of H-pyrrole nitrogens is 2. The van der Waals surface area contributed by atoms with Crippen LogP contribution in [0.5, 0.6) is 0 Å². The Labute approximate surface area is 408 Å². The normalized spacial score (nSPS) is 16.3. The summed E-state index contributed by atoms with van der Waals surface area (Å²) >= 11 is 6.34. The van der Waals surface area contributed by atoms with Gasteiger partial charge in [0.05, 0.1) is 36.5 Å². The number of aromatic nitrogens is 4. The third-order valence-electron chi connectivity index (χ3n) is 12.1. The van der Waals surface area contributed by atoms with E-state index in [0.29, 0.717) is 49.3 Å². The summed E-state index contributed by atoms with van der Waals surface area (Å²) in [4.78, 5) is 71.0. The topological polar surface area (TPSA) is 154 Å². The molecule has 4 aromatic heterocycles. The van der Waals surface area contributed by atoms with Gasteiger partial charge in [0.25, 0.3) is 11.8 Å². The number of aromatic amines is 2. The zero-order valence-electron chi connectivity index (χ0n) is 37.8. The lowest BCUT2D eigenvalue weighted by atomic mass is 10.1. The molecule has 0 bridgehead atoms. The molecule has 4 aliphatic rings. The van der Waals surface area contributed by atoms with Crippen LogP contribution in [0.4, 0.5) is 0 Å². The maximum atomic E-state index is 12.6. The third-order valence-corrected chi connectivity index (χ3v) is 14.5. The fourth-order valence-electron chi connectivity index (χ4n) is 8.47. The number of benzene rings is 2. The SMILES string of the molecule is C1CCOCC1.O=C(CBr)Cc1cccc(-c2nc(-c3c[nH]c(C(=O)N4CCCC4)c3)cs2)c1.O=C(Cc1cccc(-c2nc(-c3c[nH]c(C(=O)N4CCCC4)c3)cs2)c1)CN1CCOCC1. The van der Waals surface area contributed by atoms with Crippen molar-refractivity contribution in [3.63, 3.8) is 0 Å². The number of halogens is 1. The summed E-state index contributed by atoms with van der Waals surface area (Å²) in [5, 5.41) is 6.18. The van der Waals surface area contributed by atoms with Gasteiger partial charge in [-0.2, -0.15) is 0 Å². The molecule has 67 heavy (non-hydrogen) atoms. The second-order valence-electron chi connectivity index (χ2n) is 17.2. The van der Waals surface area contributed by atoms with E-state index in [1.165, 1.54) is 19.3 Å². The highest BCUT2D eigenvalue weighted by Crippen LogP contribution is 2.32. The minimum atomic E-state index is 0.0587. The van der Waals surface area contributed by atoms with Crippen LogP contribution in [-0.2, 0) is 31.9 Å². The third kappa shape index (κ3) is 13.5. The molecule has 4 aliphatic heterocycles. The Hall–Kier alpha value is -5.10. The van der Waals surface area contributed by atoms with Gasteiger partial charge in [0, 0.05) is 111 Å². The number of nitrogens with zero attached hydrogens (tertiary/aromatic N) is 5. The molecule has 2 aromatic carbocycles. The monoisotopic (exact) mass is 1010 g/mol. The zero-order valence-corrected chi connectivity index (χ0v) is 41.0. The lowest BCUT2D eigenvalue weighted by Crippen LogP contribution is -2.39. The van der Waals surface area contributed by atoms with E-state index in [9.17, 15) is 19.2 Å². The van der Waals surface area contributed by atoms with Gasteiger partial charge in [0.15, 0.2) is 5.78 Å². The van der Waals surface area contributed by atoms with Crippen LogP contribution in [0.15, 0.2) is 83.8 Å². The Morgan fingerprint density at radius 2 is 1.04 bits per heavy atom. The van der Waals surface area contributed by atoms with Crippen molar-refractivity contribution in [1.82, 2.24) is 34.6 Å². The highest BCUT2D eigenvalue weighted by molar-refractivity contribution is 9.09. The van der Waals surface area contributed by atoms with Gasteiger partial charge in [-0.3, -0.25) is 24.1 Å². The van der Waals surface area contributed by atoms with E-state index < -0.39 is 0 Å². The first-order valence-corrected chi connectivity index (χ1v) is 26.2. The Balaban J connectivity index is 0.000000163. The molecule has 0 radical (unpaired) electrons. The summed E-state index contributed by atoms with van der Waals surface area (Å²) in [6.45, 7) is 8.84. The smallest absolute Gasteiger partial charge is 0.270 e. The van der Waals surface area contributed by atoms with Gasteiger partial charge in [0.2, 0.25) is 0 Å². The van der Waals surface area contributed by atoms with Crippen molar-refractivity contribution in [1.29, 1.82) is 0 Å². The number of nitrogens with one attached hydrogen (secondary N) is 2. The number of alkyl halides is 1. The van der Waals surface area contributed by atoms with Crippen molar-refractivity contribution in [2.75, 3.05) is 77.6 Å². The molecule has 10 rings (SSSR count). The number of carbonyl (C=O) groups is 4. The van der Waals surface area contributed by atoms with E-state index in [1.54, 1.807) is 22.7 Å². The molecular weight excluding hydrogens is 951 g/mol. The Kier molecular flexibility index (Phi) is 17.5. The minimum Gasteiger partial charge on any atom is -0.381 e. The van der Waals surface area contributed by atoms with Crippen LogP contribution in [0.2, 0.25) is 0 Å².